The first-order chi connectivity index (χ1) is 11.5. The molecule has 0 spiro atoms. The molecule has 0 saturated carbocycles. The summed E-state index contributed by atoms with van der Waals surface area (Å²) in [4.78, 5) is 0. The number of methoxy groups -OCH3 is 1. The summed E-state index contributed by atoms with van der Waals surface area (Å²) >= 11 is 0. The Morgan fingerprint density at radius 2 is 2.00 bits per heavy atom. The number of benzene rings is 1. The highest BCUT2D eigenvalue weighted by Crippen LogP contribution is 2.61. The van der Waals surface area contributed by atoms with Crippen molar-refractivity contribution in [1.82, 2.24) is 0 Å². The molecule has 1 aromatic carbocycles. The number of aliphatic hydroxyl groups is 1. The van der Waals surface area contributed by atoms with Crippen molar-refractivity contribution in [3.05, 3.63) is 35.4 Å². The van der Waals surface area contributed by atoms with Crippen LogP contribution in [0.4, 0.5) is 0 Å². The van der Waals surface area contributed by atoms with Crippen molar-refractivity contribution < 1.29 is 36.2 Å². The van der Waals surface area contributed by atoms with Gasteiger partial charge in [0.25, 0.3) is 0 Å². The lowest BCUT2D eigenvalue weighted by Crippen LogP contribution is -3.00. The summed E-state index contributed by atoms with van der Waals surface area (Å²) in [6, 6.07) is 4.41. The van der Waals surface area contributed by atoms with Crippen molar-refractivity contribution in [2.45, 2.75) is 37.1 Å². The zero-order valence-electron chi connectivity index (χ0n) is 14.7. The smallest absolute Gasteiger partial charge is 0.231 e. The average Bonchev–Trinajstić information content (AvgIpc) is 3.12. The summed E-state index contributed by atoms with van der Waals surface area (Å²) in [7, 11) is 3.95. The van der Waals surface area contributed by atoms with Gasteiger partial charge in [-0.05, 0) is 17.7 Å². The standard InChI is InChI=1S/C19H24NO4.ClH/c1-11-9-20(2)17-6-12(22-3)4-5-19(11,17)14-8-16-15(23-10-24-16)7-13(14)18(20)21;/h4-5,7-8,11-12,17-18,21H,6,9-10H2,1-3H3;1H/q+1;/p-1/t11-,12+,17-,18?,19-,20-;/m0./s1. The van der Waals surface area contributed by atoms with Gasteiger partial charge in [-0.25, -0.2) is 0 Å². The summed E-state index contributed by atoms with van der Waals surface area (Å²) in [6.45, 7) is 3.52. The van der Waals surface area contributed by atoms with Gasteiger partial charge in [0.1, 0.15) is 6.04 Å². The van der Waals surface area contributed by atoms with Gasteiger partial charge >= 0.3 is 0 Å². The lowest BCUT2D eigenvalue weighted by Gasteiger charge is -2.51. The monoisotopic (exact) mass is 365 g/mol. The van der Waals surface area contributed by atoms with Gasteiger partial charge < -0.3 is 31.7 Å². The molecule has 1 fully saturated rings. The van der Waals surface area contributed by atoms with E-state index in [2.05, 4.69) is 32.2 Å². The highest BCUT2D eigenvalue weighted by atomic mass is 35.5. The molecule has 25 heavy (non-hydrogen) atoms. The van der Waals surface area contributed by atoms with Gasteiger partial charge in [0.05, 0.1) is 25.1 Å². The molecule has 3 aliphatic heterocycles. The number of aliphatic hydroxyl groups excluding tert-OH is 1. The van der Waals surface area contributed by atoms with Crippen molar-refractivity contribution >= 4 is 0 Å². The number of nitrogens with zero attached hydrogens (tertiary/aromatic N) is 1. The van der Waals surface area contributed by atoms with Crippen molar-refractivity contribution in [3.8, 4) is 11.5 Å². The van der Waals surface area contributed by atoms with E-state index in [4.69, 9.17) is 14.2 Å². The van der Waals surface area contributed by atoms with E-state index in [0.29, 0.717) is 16.4 Å². The van der Waals surface area contributed by atoms with E-state index >= 15 is 0 Å². The number of quaternary nitrogens is 1. The fourth-order valence-corrected chi connectivity index (χ4v) is 5.80. The Hall–Kier alpha value is -1.27. The van der Waals surface area contributed by atoms with Gasteiger partial charge in [0, 0.05) is 25.0 Å². The predicted molar refractivity (Wildman–Crippen MR) is 87.8 cm³/mol. The minimum atomic E-state index is -0.540. The molecule has 136 valence electrons. The number of rotatable bonds is 1. The molecule has 0 aromatic heterocycles. The molecule has 1 aliphatic carbocycles. The Bertz CT molecular complexity index is 753. The van der Waals surface area contributed by atoms with Gasteiger partial charge in [0.2, 0.25) is 13.0 Å². The molecule has 4 aliphatic rings. The van der Waals surface area contributed by atoms with Gasteiger partial charge in [-0.1, -0.05) is 19.1 Å². The maximum absolute atomic E-state index is 11.3. The Balaban J connectivity index is 0.00000157. The first-order valence-electron chi connectivity index (χ1n) is 8.70. The van der Waals surface area contributed by atoms with E-state index in [9.17, 15) is 5.11 Å². The van der Waals surface area contributed by atoms with Gasteiger partial charge in [-0.15, -0.1) is 0 Å². The second-order valence-electron chi connectivity index (χ2n) is 7.91. The third-order valence-electron chi connectivity index (χ3n) is 6.94. The van der Waals surface area contributed by atoms with Crippen molar-refractivity contribution in [2.24, 2.45) is 5.92 Å². The second-order valence-corrected chi connectivity index (χ2v) is 7.91. The van der Waals surface area contributed by atoms with Crippen LogP contribution in [0.2, 0.25) is 0 Å². The quantitative estimate of drug-likeness (QED) is 0.518. The molecular weight excluding hydrogens is 342 g/mol. The maximum atomic E-state index is 11.3. The zero-order valence-corrected chi connectivity index (χ0v) is 15.5. The summed E-state index contributed by atoms with van der Waals surface area (Å²) in [5, 5.41) is 11.3. The van der Waals surface area contributed by atoms with Gasteiger partial charge in [-0.2, -0.15) is 0 Å². The summed E-state index contributed by atoms with van der Waals surface area (Å²) in [5.74, 6) is 1.99. The minimum absolute atomic E-state index is 0. The Morgan fingerprint density at radius 1 is 1.28 bits per heavy atom. The van der Waals surface area contributed by atoms with Crippen LogP contribution >= 0.6 is 0 Å². The van der Waals surface area contributed by atoms with Crippen LogP contribution in [0.3, 0.4) is 0 Å². The van der Waals surface area contributed by atoms with Crippen LogP contribution in [0.15, 0.2) is 24.3 Å². The Labute approximate surface area is 154 Å². The lowest BCUT2D eigenvalue weighted by atomic mass is 9.62. The lowest BCUT2D eigenvalue weighted by molar-refractivity contribution is -0.976. The minimum Gasteiger partial charge on any atom is -1.00 e. The normalized spacial score (nSPS) is 42.6. The van der Waals surface area contributed by atoms with Crippen LogP contribution in [0.5, 0.6) is 11.5 Å². The molecule has 0 amide bonds. The second kappa shape index (κ2) is 5.36. The highest BCUT2D eigenvalue weighted by molar-refractivity contribution is 5.55. The molecule has 5 nitrogen and oxygen atoms in total. The molecule has 6 atom stereocenters. The first-order valence-corrected chi connectivity index (χ1v) is 8.70. The molecule has 5 rings (SSSR count). The highest BCUT2D eigenvalue weighted by Gasteiger charge is 2.67. The maximum Gasteiger partial charge on any atom is 0.231 e. The number of fused-ring (bicyclic) bond motifs is 2. The zero-order chi connectivity index (χ0) is 16.7. The molecule has 1 unspecified atom stereocenters. The Morgan fingerprint density at radius 3 is 2.72 bits per heavy atom. The van der Waals surface area contributed by atoms with Crippen LogP contribution < -0.4 is 21.9 Å². The van der Waals surface area contributed by atoms with E-state index in [1.54, 1.807) is 7.11 Å². The molecule has 1 N–H and O–H groups in total. The van der Waals surface area contributed by atoms with E-state index in [-0.39, 0.29) is 30.7 Å². The van der Waals surface area contributed by atoms with Crippen LogP contribution in [-0.4, -0.2) is 49.2 Å². The van der Waals surface area contributed by atoms with E-state index in [0.717, 1.165) is 30.0 Å². The number of ether oxygens (including phenoxy) is 3. The molecule has 3 heterocycles. The third kappa shape index (κ3) is 1.90. The number of likely N-dealkylation sites (N-methyl/N-ethyl adjacent to an activating group) is 1. The number of halogens is 1. The average molecular weight is 366 g/mol. The number of hydrogen-bond donors (Lipinski definition) is 1. The molecule has 1 aromatic rings. The molecule has 1 saturated heterocycles. The summed E-state index contributed by atoms with van der Waals surface area (Å²) in [6.07, 6.45) is 5.06. The third-order valence-corrected chi connectivity index (χ3v) is 6.94. The van der Waals surface area contributed by atoms with Crippen molar-refractivity contribution in [2.75, 3.05) is 27.5 Å². The van der Waals surface area contributed by atoms with Gasteiger partial charge in [-0.3, -0.25) is 4.48 Å². The van der Waals surface area contributed by atoms with Crippen LogP contribution in [0.1, 0.15) is 30.7 Å². The largest absolute Gasteiger partial charge is 1.00 e. The predicted octanol–water partition coefficient (Wildman–Crippen LogP) is -0.899. The van der Waals surface area contributed by atoms with Crippen molar-refractivity contribution in [3.63, 3.8) is 0 Å². The van der Waals surface area contributed by atoms with Crippen molar-refractivity contribution in [1.29, 1.82) is 0 Å². The summed E-state index contributed by atoms with van der Waals surface area (Å²) < 4.78 is 17.4. The number of hydrogen-bond acceptors (Lipinski definition) is 4. The van der Waals surface area contributed by atoms with E-state index in [1.807, 2.05) is 6.07 Å². The molecular formula is C19H24ClNO4. The van der Waals surface area contributed by atoms with Crippen LogP contribution in [-0.2, 0) is 10.2 Å². The first kappa shape index (κ1) is 17.2. The van der Waals surface area contributed by atoms with Crippen LogP contribution in [0, 0.1) is 5.92 Å². The Kier molecular flexibility index (Phi) is 3.68. The topological polar surface area (TPSA) is 47.9 Å². The van der Waals surface area contributed by atoms with E-state index < -0.39 is 6.23 Å². The van der Waals surface area contributed by atoms with E-state index in [1.165, 1.54) is 5.56 Å². The summed E-state index contributed by atoms with van der Waals surface area (Å²) in [5.41, 5.74) is 2.12. The molecule has 2 bridgehead atoms. The molecule has 0 radical (unpaired) electrons. The fourth-order valence-electron chi connectivity index (χ4n) is 5.80. The van der Waals surface area contributed by atoms with Crippen LogP contribution in [0.25, 0.3) is 0 Å². The molecule has 6 heteroatoms. The van der Waals surface area contributed by atoms with Gasteiger partial charge in [0.15, 0.2) is 11.5 Å². The fraction of sp³-hybridized carbons (Fsp3) is 0.579. The SMILES string of the molecule is CO[C@@H]1C=C[C@@]23c4cc5c(cc4C(O)[N@@+](C)(C[C@@H]2C)[C@H]3C1)OCO5.[Cl-].